The lowest BCUT2D eigenvalue weighted by Crippen LogP contribution is -2.38. The Bertz CT molecular complexity index is 854. The fourth-order valence-electron chi connectivity index (χ4n) is 2.58. The van der Waals surface area contributed by atoms with E-state index in [2.05, 4.69) is 44.7 Å². The van der Waals surface area contributed by atoms with Gasteiger partial charge in [0, 0.05) is 36.3 Å². The van der Waals surface area contributed by atoms with E-state index in [9.17, 15) is 0 Å². The molecule has 0 spiro atoms. The monoisotopic (exact) mass is 383 g/mol. The number of guanidine groups is 1. The van der Waals surface area contributed by atoms with Crippen LogP contribution in [0.15, 0.2) is 47.8 Å². The van der Waals surface area contributed by atoms with Gasteiger partial charge in [-0.25, -0.2) is 9.98 Å². The second-order valence-corrected chi connectivity index (χ2v) is 7.10. The van der Waals surface area contributed by atoms with Crippen molar-refractivity contribution < 1.29 is 0 Å². The van der Waals surface area contributed by atoms with Gasteiger partial charge < -0.3 is 10.6 Å². The summed E-state index contributed by atoms with van der Waals surface area (Å²) >= 11 is 1.78. The van der Waals surface area contributed by atoms with Gasteiger partial charge in [0.2, 0.25) is 0 Å². The quantitative estimate of drug-likeness (QED) is 0.462. The predicted molar refractivity (Wildman–Crippen MR) is 109 cm³/mol. The lowest BCUT2D eigenvalue weighted by Gasteiger charge is -2.11. The molecule has 7 nitrogen and oxygen atoms in total. The largest absolute Gasteiger partial charge is 0.357 e. The Kier molecular flexibility index (Phi) is 6.92. The fraction of sp³-hybridized carbons (Fsp3) is 0.368. The summed E-state index contributed by atoms with van der Waals surface area (Å²) in [5, 5.41) is 16.0. The number of rotatable bonds is 8. The van der Waals surface area contributed by atoms with Gasteiger partial charge in [-0.2, -0.15) is 0 Å². The van der Waals surface area contributed by atoms with Crippen molar-refractivity contribution in [1.82, 2.24) is 30.4 Å². The van der Waals surface area contributed by atoms with Crippen LogP contribution >= 0.6 is 11.3 Å². The number of aliphatic imine (C=N–C) groups is 1. The molecule has 1 aromatic carbocycles. The number of para-hydroxylation sites is 1. The minimum atomic E-state index is 0.446. The van der Waals surface area contributed by atoms with Crippen molar-refractivity contribution in [3.63, 3.8) is 0 Å². The van der Waals surface area contributed by atoms with E-state index in [4.69, 9.17) is 0 Å². The molecule has 8 heteroatoms. The first-order chi connectivity index (χ1) is 13.3. The fourth-order valence-corrected chi connectivity index (χ4v) is 3.44. The van der Waals surface area contributed by atoms with Crippen LogP contribution in [-0.4, -0.2) is 38.8 Å². The van der Waals surface area contributed by atoms with E-state index in [-0.39, 0.29) is 0 Å². The smallest absolute Gasteiger partial charge is 0.191 e. The van der Waals surface area contributed by atoms with Crippen LogP contribution in [0.5, 0.6) is 0 Å². The number of hydrogen-bond donors (Lipinski definition) is 2. The van der Waals surface area contributed by atoms with E-state index in [1.807, 2.05) is 41.1 Å². The van der Waals surface area contributed by atoms with E-state index in [0.29, 0.717) is 6.54 Å². The maximum absolute atomic E-state index is 4.65. The van der Waals surface area contributed by atoms with Crippen molar-refractivity contribution in [2.24, 2.45) is 4.99 Å². The summed E-state index contributed by atoms with van der Waals surface area (Å²) < 4.78 is 1.95. The summed E-state index contributed by atoms with van der Waals surface area (Å²) in [6.45, 7) is 6.24. The number of aromatic nitrogens is 4. The van der Waals surface area contributed by atoms with Crippen molar-refractivity contribution in [2.45, 2.75) is 33.2 Å². The number of aryl methyl sites for hydroxylation is 1. The molecule has 142 valence electrons. The lowest BCUT2D eigenvalue weighted by atomic mass is 10.3. The first-order valence-electron chi connectivity index (χ1n) is 9.20. The van der Waals surface area contributed by atoms with Crippen LogP contribution in [0.2, 0.25) is 0 Å². The molecule has 3 aromatic rings. The van der Waals surface area contributed by atoms with Gasteiger partial charge >= 0.3 is 0 Å². The highest BCUT2D eigenvalue weighted by Crippen LogP contribution is 2.13. The molecule has 0 aliphatic heterocycles. The van der Waals surface area contributed by atoms with Gasteiger partial charge in [-0.3, -0.25) is 4.57 Å². The van der Waals surface area contributed by atoms with E-state index < -0.39 is 0 Å². The zero-order chi connectivity index (χ0) is 18.9. The molecule has 2 aromatic heterocycles. The van der Waals surface area contributed by atoms with Crippen molar-refractivity contribution in [3.8, 4) is 5.69 Å². The first kappa shape index (κ1) is 19.0. The highest BCUT2D eigenvalue weighted by atomic mass is 32.1. The molecule has 27 heavy (non-hydrogen) atoms. The van der Waals surface area contributed by atoms with E-state index >= 15 is 0 Å². The van der Waals surface area contributed by atoms with Crippen LogP contribution in [0, 0.1) is 0 Å². The van der Waals surface area contributed by atoms with Crippen LogP contribution in [0.1, 0.15) is 29.6 Å². The summed E-state index contributed by atoms with van der Waals surface area (Å²) in [5.41, 5.74) is 1.03. The first-order valence-corrected chi connectivity index (χ1v) is 10.0. The predicted octanol–water partition coefficient (Wildman–Crippen LogP) is 2.58. The number of nitrogens with zero attached hydrogens (tertiary/aromatic N) is 5. The van der Waals surface area contributed by atoms with Gasteiger partial charge in [0.25, 0.3) is 0 Å². The number of thiazole rings is 1. The minimum absolute atomic E-state index is 0.446. The molecule has 0 aliphatic rings. The van der Waals surface area contributed by atoms with Gasteiger partial charge in [-0.05, 0) is 25.5 Å². The summed E-state index contributed by atoms with van der Waals surface area (Å²) in [5.74, 6) is 1.57. The standard InChI is InChI=1S/C19H25N7S/c1-3-16-12-22-18(27-16)10-11-21-19(20-4-2)23-13-17-25-24-14-26(17)15-8-6-5-7-9-15/h5-9,12,14H,3-4,10-11,13H2,1-2H3,(H2,20,21,23). The van der Waals surface area contributed by atoms with Gasteiger partial charge in [0.1, 0.15) is 12.9 Å². The molecule has 0 aliphatic carbocycles. The highest BCUT2D eigenvalue weighted by Gasteiger charge is 2.07. The highest BCUT2D eigenvalue weighted by molar-refractivity contribution is 7.11. The summed E-state index contributed by atoms with van der Waals surface area (Å²) in [7, 11) is 0. The van der Waals surface area contributed by atoms with Crippen LogP contribution in [0.3, 0.4) is 0 Å². The number of hydrogen-bond acceptors (Lipinski definition) is 5. The average molecular weight is 384 g/mol. The molecule has 0 bridgehead atoms. The zero-order valence-corrected chi connectivity index (χ0v) is 16.5. The topological polar surface area (TPSA) is 80.0 Å². The lowest BCUT2D eigenvalue weighted by molar-refractivity contribution is 0.782. The molecule has 0 radical (unpaired) electrons. The second kappa shape index (κ2) is 9.82. The molecule has 3 rings (SSSR count). The second-order valence-electron chi connectivity index (χ2n) is 5.90. The third-order valence-corrected chi connectivity index (χ3v) is 5.16. The third-order valence-electron chi connectivity index (χ3n) is 3.96. The number of benzene rings is 1. The molecule has 2 heterocycles. The van der Waals surface area contributed by atoms with Crippen molar-refractivity contribution in [1.29, 1.82) is 0 Å². The molecule has 0 saturated carbocycles. The van der Waals surface area contributed by atoms with Gasteiger partial charge in [-0.15, -0.1) is 21.5 Å². The van der Waals surface area contributed by atoms with Gasteiger partial charge in [0.15, 0.2) is 11.8 Å². The molecule has 2 N–H and O–H groups in total. The molecule has 0 atom stereocenters. The summed E-state index contributed by atoms with van der Waals surface area (Å²) in [6.07, 6.45) is 5.61. The Hall–Kier alpha value is -2.74. The van der Waals surface area contributed by atoms with Crippen molar-refractivity contribution in [2.75, 3.05) is 13.1 Å². The summed E-state index contributed by atoms with van der Waals surface area (Å²) in [6, 6.07) is 10.0. The zero-order valence-electron chi connectivity index (χ0n) is 15.7. The van der Waals surface area contributed by atoms with E-state index in [1.165, 1.54) is 4.88 Å². The molecule has 0 unspecified atom stereocenters. The Morgan fingerprint density at radius 1 is 1.19 bits per heavy atom. The van der Waals surface area contributed by atoms with E-state index in [0.717, 1.165) is 48.4 Å². The maximum Gasteiger partial charge on any atom is 0.191 e. The van der Waals surface area contributed by atoms with E-state index in [1.54, 1.807) is 17.7 Å². The number of nitrogens with one attached hydrogen (secondary N) is 2. The Morgan fingerprint density at radius 2 is 2.04 bits per heavy atom. The molecular weight excluding hydrogens is 358 g/mol. The van der Waals surface area contributed by atoms with Crippen molar-refractivity contribution in [3.05, 3.63) is 58.6 Å². The molecular formula is C19H25N7S. The normalized spacial score (nSPS) is 11.6. The maximum atomic E-state index is 4.65. The Labute approximate surface area is 163 Å². The third kappa shape index (κ3) is 5.37. The Morgan fingerprint density at radius 3 is 2.78 bits per heavy atom. The van der Waals surface area contributed by atoms with Crippen LogP contribution in [0.25, 0.3) is 5.69 Å². The molecule has 0 amide bonds. The summed E-state index contributed by atoms with van der Waals surface area (Å²) in [4.78, 5) is 10.4. The van der Waals surface area contributed by atoms with Gasteiger partial charge in [0.05, 0.1) is 5.01 Å². The minimum Gasteiger partial charge on any atom is -0.357 e. The SMILES string of the molecule is CCNC(=NCc1nncn1-c1ccccc1)NCCc1ncc(CC)s1. The van der Waals surface area contributed by atoms with Crippen molar-refractivity contribution >= 4 is 17.3 Å². The van der Waals surface area contributed by atoms with Crippen LogP contribution in [0.4, 0.5) is 0 Å². The molecule has 0 fully saturated rings. The average Bonchev–Trinajstić information content (AvgIpc) is 3.36. The molecule has 0 saturated heterocycles. The van der Waals surface area contributed by atoms with Gasteiger partial charge in [-0.1, -0.05) is 25.1 Å². The van der Waals surface area contributed by atoms with Crippen LogP contribution < -0.4 is 10.6 Å². The van der Waals surface area contributed by atoms with Crippen LogP contribution in [-0.2, 0) is 19.4 Å². The Balaban J connectivity index is 1.60.